The van der Waals surface area contributed by atoms with E-state index < -0.39 is 0 Å². The lowest BCUT2D eigenvalue weighted by Gasteiger charge is -2.29. The fourth-order valence-corrected chi connectivity index (χ4v) is 1.94. The van der Waals surface area contributed by atoms with Gasteiger partial charge in [0.25, 0.3) is 0 Å². The SMILES string of the molecule is CC(CN1CCOCC1)NCc1cnccn1. The van der Waals surface area contributed by atoms with Crippen LogP contribution in [0.2, 0.25) is 0 Å². The van der Waals surface area contributed by atoms with E-state index in [4.69, 9.17) is 4.74 Å². The lowest BCUT2D eigenvalue weighted by atomic mass is 10.2. The van der Waals surface area contributed by atoms with Gasteiger partial charge in [-0.1, -0.05) is 0 Å². The summed E-state index contributed by atoms with van der Waals surface area (Å²) in [6.07, 6.45) is 5.22. The van der Waals surface area contributed by atoms with Gasteiger partial charge in [0.1, 0.15) is 0 Å². The minimum atomic E-state index is 0.454. The van der Waals surface area contributed by atoms with Gasteiger partial charge in [0.05, 0.1) is 18.9 Å². The number of nitrogens with one attached hydrogen (secondary N) is 1. The van der Waals surface area contributed by atoms with Gasteiger partial charge in [0, 0.05) is 50.8 Å². The smallest absolute Gasteiger partial charge is 0.0724 e. The largest absolute Gasteiger partial charge is 0.379 e. The molecule has 1 aromatic rings. The minimum Gasteiger partial charge on any atom is -0.379 e. The molecule has 94 valence electrons. The van der Waals surface area contributed by atoms with Crippen molar-refractivity contribution in [3.63, 3.8) is 0 Å². The number of hydrogen-bond donors (Lipinski definition) is 1. The highest BCUT2D eigenvalue weighted by molar-refractivity contribution is 4.94. The van der Waals surface area contributed by atoms with Crippen molar-refractivity contribution in [1.82, 2.24) is 20.2 Å². The summed E-state index contributed by atoms with van der Waals surface area (Å²) in [7, 11) is 0. The normalized spacial score (nSPS) is 19.1. The third-order valence-corrected chi connectivity index (χ3v) is 2.88. The summed E-state index contributed by atoms with van der Waals surface area (Å²) < 4.78 is 5.33. The van der Waals surface area contributed by atoms with Gasteiger partial charge >= 0.3 is 0 Å². The fourth-order valence-electron chi connectivity index (χ4n) is 1.94. The highest BCUT2D eigenvalue weighted by Crippen LogP contribution is 1.99. The van der Waals surface area contributed by atoms with E-state index in [0.29, 0.717) is 6.04 Å². The van der Waals surface area contributed by atoms with Crippen LogP contribution >= 0.6 is 0 Å². The van der Waals surface area contributed by atoms with Crippen molar-refractivity contribution < 1.29 is 4.74 Å². The molecule has 5 heteroatoms. The molecule has 5 nitrogen and oxygen atoms in total. The van der Waals surface area contributed by atoms with Gasteiger partial charge < -0.3 is 10.1 Å². The maximum atomic E-state index is 5.33. The van der Waals surface area contributed by atoms with Crippen LogP contribution in [0.1, 0.15) is 12.6 Å². The van der Waals surface area contributed by atoms with Gasteiger partial charge in [-0.15, -0.1) is 0 Å². The molecule has 1 aromatic heterocycles. The van der Waals surface area contributed by atoms with E-state index in [-0.39, 0.29) is 0 Å². The molecule has 2 heterocycles. The van der Waals surface area contributed by atoms with Crippen molar-refractivity contribution in [2.45, 2.75) is 19.5 Å². The number of rotatable bonds is 5. The predicted molar refractivity (Wildman–Crippen MR) is 65.6 cm³/mol. The molecule has 0 bridgehead atoms. The first-order chi connectivity index (χ1) is 8.34. The standard InChI is InChI=1S/C12H20N4O/c1-11(10-16-4-6-17-7-5-16)15-9-12-8-13-2-3-14-12/h2-3,8,11,15H,4-7,9-10H2,1H3. The molecule has 1 aliphatic heterocycles. The molecule has 1 saturated heterocycles. The number of aromatic nitrogens is 2. The van der Waals surface area contributed by atoms with Gasteiger partial charge in [0.2, 0.25) is 0 Å². The van der Waals surface area contributed by atoms with Crippen molar-refractivity contribution in [3.8, 4) is 0 Å². The fraction of sp³-hybridized carbons (Fsp3) is 0.667. The van der Waals surface area contributed by atoms with E-state index >= 15 is 0 Å². The monoisotopic (exact) mass is 236 g/mol. The lowest BCUT2D eigenvalue weighted by Crippen LogP contribution is -2.44. The average Bonchev–Trinajstić information content (AvgIpc) is 2.39. The molecule has 1 atom stereocenters. The van der Waals surface area contributed by atoms with E-state index in [1.54, 1.807) is 18.6 Å². The molecule has 1 unspecified atom stereocenters. The summed E-state index contributed by atoms with van der Waals surface area (Å²) in [5, 5.41) is 3.46. The molecule has 17 heavy (non-hydrogen) atoms. The van der Waals surface area contributed by atoms with E-state index in [1.807, 2.05) is 0 Å². The minimum absolute atomic E-state index is 0.454. The topological polar surface area (TPSA) is 50.3 Å². The summed E-state index contributed by atoms with van der Waals surface area (Å²) in [4.78, 5) is 10.7. The molecule has 0 saturated carbocycles. The summed E-state index contributed by atoms with van der Waals surface area (Å²) in [5.41, 5.74) is 0.987. The Morgan fingerprint density at radius 3 is 2.94 bits per heavy atom. The quantitative estimate of drug-likeness (QED) is 0.796. The summed E-state index contributed by atoms with van der Waals surface area (Å²) in [6, 6.07) is 0.454. The van der Waals surface area contributed by atoms with Crippen molar-refractivity contribution in [1.29, 1.82) is 0 Å². The molecule has 0 radical (unpaired) electrons. The van der Waals surface area contributed by atoms with Crippen LogP contribution in [-0.4, -0.2) is 53.8 Å². The van der Waals surface area contributed by atoms with Crippen molar-refractivity contribution in [3.05, 3.63) is 24.3 Å². The molecule has 0 aliphatic carbocycles. The third kappa shape index (κ3) is 4.38. The number of ether oxygens (including phenoxy) is 1. The Labute approximate surface area is 102 Å². The summed E-state index contributed by atoms with van der Waals surface area (Å²) >= 11 is 0. The van der Waals surface area contributed by atoms with Gasteiger partial charge in [-0.05, 0) is 6.92 Å². The van der Waals surface area contributed by atoms with Crippen LogP contribution in [0.4, 0.5) is 0 Å². The van der Waals surface area contributed by atoms with Gasteiger partial charge in [0.15, 0.2) is 0 Å². The maximum Gasteiger partial charge on any atom is 0.0724 e. The van der Waals surface area contributed by atoms with E-state index in [2.05, 4.69) is 27.1 Å². The maximum absolute atomic E-state index is 5.33. The second kappa shape index (κ2) is 6.64. The second-order valence-electron chi connectivity index (χ2n) is 4.39. The van der Waals surface area contributed by atoms with E-state index in [0.717, 1.165) is 45.1 Å². The van der Waals surface area contributed by atoms with Gasteiger partial charge in [-0.3, -0.25) is 14.9 Å². The molecule has 1 fully saturated rings. The van der Waals surface area contributed by atoms with Crippen LogP contribution in [0.3, 0.4) is 0 Å². The Kier molecular flexibility index (Phi) is 4.85. The van der Waals surface area contributed by atoms with Crippen LogP contribution in [0.5, 0.6) is 0 Å². The first-order valence-electron chi connectivity index (χ1n) is 6.13. The zero-order valence-corrected chi connectivity index (χ0v) is 10.3. The molecule has 1 aliphatic rings. The summed E-state index contributed by atoms with van der Waals surface area (Å²) in [6.45, 7) is 7.83. The predicted octanol–water partition coefficient (Wildman–Crippen LogP) is 0.287. The number of hydrogen-bond acceptors (Lipinski definition) is 5. The van der Waals surface area contributed by atoms with Crippen LogP contribution in [0.25, 0.3) is 0 Å². The van der Waals surface area contributed by atoms with Crippen LogP contribution < -0.4 is 5.32 Å². The van der Waals surface area contributed by atoms with E-state index in [1.165, 1.54) is 0 Å². The zero-order chi connectivity index (χ0) is 11.9. The summed E-state index contributed by atoms with van der Waals surface area (Å²) in [5.74, 6) is 0. The molecular weight excluding hydrogens is 216 g/mol. The lowest BCUT2D eigenvalue weighted by molar-refractivity contribution is 0.0343. The number of nitrogens with zero attached hydrogens (tertiary/aromatic N) is 3. The Balaban J connectivity index is 1.68. The number of morpholine rings is 1. The molecule has 1 N–H and O–H groups in total. The van der Waals surface area contributed by atoms with Crippen molar-refractivity contribution in [2.75, 3.05) is 32.8 Å². The highest BCUT2D eigenvalue weighted by atomic mass is 16.5. The Hall–Kier alpha value is -1.04. The molecule has 0 spiro atoms. The van der Waals surface area contributed by atoms with Gasteiger partial charge in [-0.25, -0.2) is 0 Å². The third-order valence-electron chi connectivity index (χ3n) is 2.88. The Morgan fingerprint density at radius 1 is 1.41 bits per heavy atom. The Bertz CT molecular complexity index is 314. The van der Waals surface area contributed by atoms with E-state index in [9.17, 15) is 0 Å². The first kappa shape index (κ1) is 12.4. The van der Waals surface area contributed by atoms with Crippen LogP contribution in [-0.2, 0) is 11.3 Å². The van der Waals surface area contributed by atoms with Crippen LogP contribution in [0, 0.1) is 0 Å². The molecule has 0 amide bonds. The molecule has 2 rings (SSSR count). The van der Waals surface area contributed by atoms with Crippen LogP contribution in [0.15, 0.2) is 18.6 Å². The first-order valence-corrected chi connectivity index (χ1v) is 6.13. The Morgan fingerprint density at radius 2 is 2.24 bits per heavy atom. The van der Waals surface area contributed by atoms with Crippen molar-refractivity contribution >= 4 is 0 Å². The highest BCUT2D eigenvalue weighted by Gasteiger charge is 2.13. The molecule has 0 aromatic carbocycles. The second-order valence-corrected chi connectivity index (χ2v) is 4.39. The molecular formula is C12H20N4O. The van der Waals surface area contributed by atoms with Crippen molar-refractivity contribution in [2.24, 2.45) is 0 Å². The van der Waals surface area contributed by atoms with Gasteiger partial charge in [-0.2, -0.15) is 0 Å². The zero-order valence-electron chi connectivity index (χ0n) is 10.3. The average molecular weight is 236 g/mol.